The Morgan fingerprint density at radius 3 is 2.36 bits per heavy atom. The zero-order valence-corrected chi connectivity index (χ0v) is 23.1. The predicted octanol–water partition coefficient (Wildman–Crippen LogP) is 7.14. The number of thiophene rings is 1. The molecule has 2 aromatic carbocycles. The van der Waals surface area contributed by atoms with Crippen molar-refractivity contribution in [1.82, 2.24) is 4.57 Å². The van der Waals surface area contributed by atoms with Crippen molar-refractivity contribution in [3.63, 3.8) is 0 Å². The highest BCUT2D eigenvalue weighted by Crippen LogP contribution is 2.39. The van der Waals surface area contributed by atoms with Gasteiger partial charge in [-0.2, -0.15) is 5.26 Å². The number of anilines is 2. The average Bonchev–Trinajstić information content (AvgIpc) is 3.44. The van der Waals surface area contributed by atoms with Crippen molar-refractivity contribution in [2.45, 2.75) is 46.5 Å². The third kappa shape index (κ3) is 5.43. The van der Waals surface area contributed by atoms with Gasteiger partial charge < -0.3 is 15.2 Å². The molecule has 0 unspecified atom stereocenters. The molecule has 2 amide bonds. The molecule has 39 heavy (non-hydrogen) atoms. The van der Waals surface area contributed by atoms with Crippen molar-refractivity contribution >= 4 is 40.6 Å². The Bertz CT molecular complexity index is 1620. The number of nitrogens with zero attached hydrogens (tertiary/aromatic N) is 2. The zero-order valence-electron chi connectivity index (χ0n) is 22.3. The largest absolute Gasteiger partial charge is 0.322 e. The summed E-state index contributed by atoms with van der Waals surface area (Å²) in [5.41, 5.74) is 6.96. The van der Waals surface area contributed by atoms with Gasteiger partial charge in [0.15, 0.2) is 0 Å². The fourth-order valence-electron chi connectivity index (χ4n) is 5.04. The van der Waals surface area contributed by atoms with Gasteiger partial charge >= 0.3 is 0 Å². The maximum Gasteiger partial charge on any atom is 0.266 e. The fourth-order valence-corrected chi connectivity index (χ4v) is 6.54. The SMILES string of the molecule is Cc1ccc(NC(=O)c2c(-n3c(C)cc(/C=C(/C#N)C(=O)Nc4ccccc4)c3C)sc3c2CCCC3)cc1. The molecule has 196 valence electrons. The second-order valence-corrected chi connectivity index (χ2v) is 10.9. The number of nitriles is 1. The fraction of sp³-hybridized carbons (Fsp3) is 0.219. The Kier molecular flexibility index (Phi) is 7.49. The van der Waals surface area contributed by atoms with Crippen LogP contribution in [0.15, 0.2) is 66.2 Å². The van der Waals surface area contributed by atoms with Gasteiger partial charge in [-0.15, -0.1) is 11.3 Å². The van der Waals surface area contributed by atoms with E-state index in [1.807, 2.05) is 75.4 Å². The van der Waals surface area contributed by atoms with Gasteiger partial charge in [-0.3, -0.25) is 9.59 Å². The molecule has 2 heterocycles. The van der Waals surface area contributed by atoms with Crippen LogP contribution >= 0.6 is 11.3 Å². The molecule has 0 bridgehead atoms. The van der Waals surface area contributed by atoms with Gasteiger partial charge in [-0.1, -0.05) is 35.9 Å². The number of nitrogens with one attached hydrogen (secondary N) is 2. The van der Waals surface area contributed by atoms with Gasteiger partial charge in [0.1, 0.15) is 16.6 Å². The van der Waals surface area contributed by atoms with E-state index in [4.69, 9.17) is 0 Å². The molecular weight excluding hydrogens is 504 g/mol. The smallest absolute Gasteiger partial charge is 0.266 e. The van der Waals surface area contributed by atoms with E-state index in [0.29, 0.717) is 5.69 Å². The minimum absolute atomic E-state index is 0.0157. The third-order valence-corrected chi connectivity index (χ3v) is 8.34. The minimum Gasteiger partial charge on any atom is -0.322 e. The number of hydrogen-bond donors (Lipinski definition) is 2. The van der Waals surface area contributed by atoms with Crippen molar-refractivity contribution < 1.29 is 9.59 Å². The Labute approximate surface area is 232 Å². The number of hydrogen-bond acceptors (Lipinski definition) is 4. The first-order valence-corrected chi connectivity index (χ1v) is 13.9. The molecule has 0 atom stereocenters. The van der Waals surface area contributed by atoms with Crippen LogP contribution in [-0.4, -0.2) is 16.4 Å². The van der Waals surface area contributed by atoms with Crippen LogP contribution in [0.25, 0.3) is 11.1 Å². The van der Waals surface area contributed by atoms with Crippen LogP contribution in [0.2, 0.25) is 0 Å². The quantitative estimate of drug-likeness (QED) is 0.204. The number of benzene rings is 2. The molecule has 2 N–H and O–H groups in total. The molecular formula is C32H30N4O2S. The highest BCUT2D eigenvalue weighted by molar-refractivity contribution is 7.15. The predicted molar refractivity (Wildman–Crippen MR) is 158 cm³/mol. The molecule has 0 aliphatic heterocycles. The first-order chi connectivity index (χ1) is 18.9. The van der Waals surface area contributed by atoms with Crippen LogP contribution in [0.1, 0.15) is 56.2 Å². The molecule has 5 rings (SSSR count). The van der Waals surface area contributed by atoms with E-state index in [-0.39, 0.29) is 11.5 Å². The lowest BCUT2D eigenvalue weighted by Crippen LogP contribution is -2.17. The normalized spacial score (nSPS) is 12.9. The molecule has 0 radical (unpaired) electrons. The van der Waals surface area contributed by atoms with Gasteiger partial charge in [0.25, 0.3) is 11.8 Å². The third-order valence-electron chi connectivity index (χ3n) is 7.06. The number of amides is 2. The topological polar surface area (TPSA) is 86.9 Å². The summed E-state index contributed by atoms with van der Waals surface area (Å²) in [4.78, 5) is 27.8. The Hall–Kier alpha value is -4.41. The summed E-state index contributed by atoms with van der Waals surface area (Å²) in [7, 11) is 0. The molecule has 0 fully saturated rings. The number of rotatable bonds is 6. The summed E-state index contributed by atoms with van der Waals surface area (Å²) in [5.74, 6) is -0.573. The van der Waals surface area contributed by atoms with Crippen molar-refractivity contribution in [3.8, 4) is 11.1 Å². The lowest BCUT2D eigenvalue weighted by atomic mass is 9.95. The minimum atomic E-state index is -0.460. The zero-order chi connectivity index (χ0) is 27.5. The molecule has 2 aromatic heterocycles. The monoisotopic (exact) mass is 534 g/mol. The van der Waals surface area contributed by atoms with Crippen LogP contribution in [-0.2, 0) is 17.6 Å². The van der Waals surface area contributed by atoms with E-state index < -0.39 is 5.91 Å². The number of carbonyl (C=O) groups is 2. The van der Waals surface area contributed by atoms with E-state index in [2.05, 4.69) is 15.2 Å². The second kappa shape index (κ2) is 11.1. The highest BCUT2D eigenvalue weighted by atomic mass is 32.1. The molecule has 1 aliphatic carbocycles. The molecule has 0 saturated heterocycles. The summed E-state index contributed by atoms with van der Waals surface area (Å²) < 4.78 is 2.09. The van der Waals surface area contributed by atoms with Gasteiger partial charge in [-0.25, -0.2) is 0 Å². The summed E-state index contributed by atoms with van der Waals surface area (Å²) >= 11 is 1.67. The summed E-state index contributed by atoms with van der Waals surface area (Å²) in [6, 6.07) is 20.9. The van der Waals surface area contributed by atoms with E-state index >= 15 is 0 Å². The first kappa shape index (κ1) is 26.2. The van der Waals surface area contributed by atoms with Gasteiger partial charge in [-0.05, 0) is 94.0 Å². The molecule has 4 aromatic rings. The molecule has 0 spiro atoms. The second-order valence-electron chi connectivity index (χ2n) is 9.86. The lowest BCUT2D eigenvalue weighted by Gasteiger charge is -2.14. The van der Waals surface area contributed by atoms with Crippen molar-refractivity contribution in [2.75, 3.05) is 10.6 Å². The van der Waals surface area contributed by atoms with Crippen LogP contribution in [0.3, 0.4) is 0 Å². The number of aryl methyl sites for hydroxylation is 3. The number of carbonyl (C=O) groups excluding carboxylic acids is 2. The first-order valence-electron chi connectivity index (χ1n) is 13.1. The van der Waals surface area contributed by atoms with Crippen molar-refractivity contribution in [2.24, 2.45) is 0 Å². The van der Waals surface area contributed by atoms with E-state index in [0.717, 1.165) is 70.0 Å². The molecule has 1 aliphatic rings. The standard InChI is InChI=1S/C32H30N4O2S/c1-20-13-15-26(16-14-20)35-31(38)29-27-11-7-8-12-28(27)39-32(29)36-21(2)17-23(22(36)3)18-24(19-33)30(37)34-25-9-5-4-6-10-25/h4-6,9-10,13-18H,7-8,11-12H2,1-3H3,(H,34,37)(H,35,38)/b24-18-. The van der Waals surface area contributed by atoms with E-state index in [1.54, 1.807) is 29.5 Å². The maximum atomic E-state index is 13.7. The van der Waals surface area contributed by atoms with Gasteiger partial charge in [0, 0.05) is 27.6 Å². The van der Waals surface area contributed by atoms with Crippen LogP contribution < -0.4 is 10.6 Å². The van der Waals surface area contributed by atoms with Gasteiger partial charge in [0.2, 0.25) is 0 Å². The Morgan fingerprint density at radius 2 is 1.64 bits per heavy atom. The van der Waals surface area contributed by atoms with E-state index in [9.17, 15) is 14.9 Å². The van der Waals surface area contributed by atoms with Crippen LogP contribution in [0.5, 0.6) is 0 Å². The Morgan fingerprint density at radius 1 is 0.949 bits per heavy atom. The van der Waals surface area contributed by atoms with Crippen molar-refractivity contribution in [1.29, 1.82) is 5.26 Å². The van der Waals surface area contributed by atoms with E-state index in [1.165, 1.54) is 4.88 Å². The molecule has 6 nitrogen and oxygen atoms in total. The molecule has 0 saturated carbocycles. The Balaban J connectivity index is 1.53. The maximum absolute atomic E-state index is 13.7. The average molecular weight is 535 g/mol. The molecule has 7 heteroatoms. The highest BCUT2D eigenvalue weighted by Gasteiger charge is 2.28. The summed E-state index contributed by atoms with van der Waals surface area (Å²) in [6.45, 7) is 5.97. The lowest BCUT2D eigenvalue weighted by molar-refractivity contribution is -0.112. The number of aromatic nitrogens is 1. The summed E-state index contributed by atoms with van der Waals surface area (Å²) in [6.07, 6.45) is 5.65. The van der Waals surface area contributed by atoms with Gasteiger partial charge in [0.05, 0.1) is 5.56 Å². The number of fused-ring (bicyclic) bond motifs is 1. The summed E-state index contributed by atoms with van der Waals surface area (Å²) in [5, 5.41) is 16.5. The van der Waals surface area contributed by atoms with Crippen LogP contribution in [0.4, 0.5) is 11.4 Å². The van der Waals surface area contributed by atoms with Crippen LogP contribution in [0, 0.1) is 32.1 Å². The van der Waals surface area contributed by atoms with Crippen molar-refractivity contribution in [3.05, 3.63) is 105 Å². The number of para-hydroxylation sites is 1.